The van der Waals surface area contributed by atoms with Gasteiger partial charge in [-0.25, -0.2) is 13.1 Å². The van der Waals surface area contributed by atoms with Crippen LogP contribution in [-0.2, 0) is 10.0 Å². The molecule has 0 aromatic carbocycles. The Kier molecular flexibility index (Phi) is 3.86. The number of nitrogens with zero attached hydrogens (tertiary/aromatic N) is 1. The minimum absolute atomic E-state index is 0.372. The molecule has 0 bridgehead atoms. The van der Waals surface area contributed by atoms with Gasteiger partial charge < -0.3 is 4.42 Å². The zero-order valence-electron chi connectivity index (χ0n) is 8.15. The largest absolute Gasteiger partial charge is 0.472 e. The average molecular weight is 283 g/mol. The van der Waals surface area contributed by atoms with Crippen LogP contribution in [0.1, 0.15) is 11.6 Å². The SMILES string of the molecule is CS(=O)(=O)N[C@@H](c1ccoc1)C(Cl)(Cl)C#N. The van der Waals surface area contributed by atoms with Crippen LogP contribution in [-0.4, -0.2) is 19.0 Å². The molecular formula is C8H8Cl2N2O3S. The van der Waals surface area contributed by atoms with Crippen LogP contribution in [0.2, 0.25) is 0 Å². The molecule has 16 heavy (non-hydrogen) atoms. The second-order valence-electron chi connectivity index (χ2n) is 3.11. The van der Waals surface area contributed by atoms with Gasteiger partial charge >= 0.3 is 0 Å². The lowest BCUT2D eigenvalue weighted by Crippen LogP contribution is -2.37. The van der Waals surface area contributed by atoms with Gasteiger partial charge in [-0.15, -0.1) is 0 Å². The van der Waals surface area contributed by atoms with Crippen LogP contribution in [0.15, 0.2) is 23.0 Å². The minimum Gasteiger partial charge on any atom is -0.472 e. The second kappa shape index (κ2) is 4.63. The van der Waals surface area contributed by atoms with Gasteiger partial charge in [0.2, 0.25) is 14.4 Å². The van der Waals surface area contributed by atoms with Crippen LogP contribution in [0.25, 0.3) is 0 Å². The van der Waals surface area contributed by atoms with Crippen LogP contribution in [0, 0.1) is 11.3 Å². The first-order valence-corrected chi connectivity index (χ1v) is 6.69. The molecule has 0 saturated heterocycles. The molecular weight excluding hydrogens is 275 g/mol. The number of alkyl halides is 2. The standard InChI is InChI=1S/C8H8Cl2N2O3S/c1-16(13,14)12-7(8(9,10)5-11)6-2-3-15-4-6/h2-4,7,12H,1H3/t7-/m0/s1. The number of nitrogens with one attached hydrogen (secondary N) is 1. The molecule has 5 nitrogen and oxygen atoms in total. The Bertz CT molecular complexity index is 490. The monoisotopic (exact) mass is 282 g/mol. The van der Waals surface area contributed by atoms with Crippen LogP contribution in [0.3, 0.4) is 0 Å². The number of rotatable bonds is 4. The van der Waals surface area contributed by atoms with Crippen molar-refractivity contribution in [1.29, 1.82) is 5.26 Å². The Labute approximate surface area is 103 Å². The molecule has 1 aromatic heterocycles. The maximum absolute atomic E-state index is 11.1. The Morgan fingerprint density at radius 3 is 2.62 bits per heavy atom. The molecule has 0 aliphatic rings. The Morgan fingerprint density at radius 1 is 1.62 bits per heavy atom. The summed E-state index contributed by atoms with van der Waals surface area (Å²) >= 11 is 11.4. The molecule has 0 unspecified atom stereocenters. The number of hydrogen-bond acceptors (Lipinski definition) is 4. The van der Waals surface area contributed by atoms with Crippen molar-refractivity contribution in [1.82, 2.24) is 4.72 Å². The predicted octanol–water partition coefficient (Wildman–Crippen LogP) is 1.57. The molecule has 1 aromatic rings. The van der Waals surface area contributed by atoms with Gasteiger partial charge in [-0.1, -0.05) is 23.2 Å². The summed E-state index contributed by atoms with van der Waals surface area (Å²) in [5, 5.41) is 8.78. The van der Waals surface area contributed by atoms with Crippen molar-refractivity contribution in [2.24, 2.45) is 0 Å². The predicted molar refractivity (Wildman–Crippen MR) is 59.5 cm³/mol. The molecule has 0 radical (unpaired) electrons. The molecule has 1 heterocycles. The smallest absolute Gasteiger partial charge is 0.223 e. The first kappa shape index (κ1) is 13.3. The van der Waals surface area contributed by atoms with Crippen LogP contribution in [0.4, 0.5) is 0 Å². The summed E-state index contributed by atoms with van der Waals surface area (Å²) in [6.07, 6.45) is 3.54. The van der Waals surface area contributed by atoms with Gasteiger partial charge in [0.15, 0.2) is 0 Å². The molecule has 0 spiro atoms. The van der Waals surface area contributed by atoms with E-state index in [-0.39, 0.29) is 0 Å². The maximum atomic E-state index is 11.1. The molecule has 88 valence electrons. The van der Waals surface area contributed by atoms with Crippen LogP contribution in [0.5, 0.6) is 0 Å². The van der Waals surface area contributed by atoms with Crippen LogP contribution >= 0.6 is 23.2 Å². The number of nitriles is 1. The maximum Gasteiger partial charge on any atom is 0.223 e. The summed E-state index contributed by atoms with van der Waals surface area (Å²) in [4.78, 5) is 0. The van der Waals surface area contributed by atoms with Gasteiger partial charge in [0.25, 0.3) is 0 Å². The minimum atomic E-state index is -3.55. The summed E-state index contributed by atoms with van der Waals surface area (Å²) in [6, 6.07) is 2.00. The van der Waals surface area contributed by atoms with E-state index in [1.165, 1.54) is 18.6 Å². The Morgan fingerprint density at radius 2 is 2.25 bits per heavy atom. The highest BCUT2D eigenvalue weighted by Crippen LogP contribution is 2.36. The zero-order valence-corrected chi connectivity index (χ0v) is 10.5. The van der Waals surface area contributed by atoms with E-state index in [4.69, 9.17) is 32.9 Å². The van der Waals surface area contributed by atoms with Gasteiger partial charge in [0.1, 0.15) is 6.07 Å². The fourth-order valence-electron chi connectivity index (χ4n) is 1.07. The summed E-state index contributed by atoms with van der Waals surface area (Å²) in [6.45, 7) is 0. The van der Waals surface area contributed by atoms with E-state index in [0.717, 1.165) is 6.26 Å². The molecule has 1 rings (SSSR count). The fraction of sp³-hybridized carbons (Fsp3) is 0.375. The number of furan rings is 1. The number of sulfonamides is 1. The number of hydrogen-bond donors (Lipinski definition) is 1. The summed E-state index contributed by atoms with van der Waals surface area (Å²) in [5.74, 6) is 0. The third kappa shape index (κ3) is 3.39. The highest BCUT2D eigenvalue weighted by molar-refractivity contribution is 7.88. The Hall–Kier alpha value is -0.740. The summed E-state index contributed by atoms with van der Waals surface area (Å²) in [7, 11) is -3.55. The van der Waals surface area contributed by atoms with E-state index in [0.29, 0.717) is 5.56 Å². The highest BCUT2D eigenvalue weighted by Gasteiger charge is 2.38. The lowest BCUT2D eigenvalue weighted by Gasteiger charge is -2.22. The van der Waals surface area contributed by atoms with Crippen molar-refractivity contribution >= 4 is 33.2 Å². The van der Waals surface area contributed by atoms with Crippen molar-refractivity contribution in [3.05, 3.63) is 24.2 Å². The third-order valence-electron chi connectivity index (χ3n) is 1.72. The van der Waals surface area contributed by atoms with E-state index in [1.54, 1.807) is 6.07 Å². The van der Waals surface area contributed by atoms with E-state index >= 15 is 0 Å². The topological polar surface area (TPSA) is 83.1 Å². The molecule has 1 atom stereocenters. The highest BCUT2D eigenvalue weighted by atomic mass is 35.5. The third-order valence-corrected chi connectivity index (χ3v) is 2.99. The van der Waals surface area contributed by atoms with Crippen LogP contribution < -0.4 is 4.72 Å². The van der Waals surface area contributed by atoms with Gasteiger partial charge in [-0.05, 0) is 6.07 Å². The Balaban J connectivity index is 3.11. The van der Waals surface area contributed by atoms with Crippen molar-refractivity contribution < 1.29 is 12.8 Å². The van der Waals surface area contributed by atoms with Gasteiger partial charge in [0, 0.05) is 5.56 Å². The molecule has 0 saturated carbocycles. The second-order valence-corrected chi connectivity index (χ2v) is 6.28. The van der Waals surface area contributed by atoms with E-state index in [2.05, 4.69) is 4.72 Å². The molecule has 8 heteroatoms. The lowest BCUT2D eigenvalue weighted by molar-refractivity contribution is 0.540. The van der Waals surface area contributed by atoms with Crippen molar-refractivity contribution in [2.75, 3.05) is 6.26 Å². The fourth-order valence-corrected chi connectivity index (χ4v) is 2.30. The van der Waals surface area contributed by atoms with Crippen molar-refractivity contribution in [3.63, 3.8) is 0 Å². The van der Waals surface area contributed by atoms with Gasteiger partial charge in [0.05, 0.1) is 24.8 Å². The van der Waals surface area contributed by atoms with Gasteiger partial charge in [-0.2, -0.15) is 5.26 Å². The average Bonchev–Trinajstić information content (AvgIpc) is 2.65. The molecule has 0 amide bonds. The number of halogens is 2. The summed E-state index contributed by atoms with van der Waals surface area (Å²) < 4.78 is 27.3. The van der Waals surface area contributed by atoms with E-state index < -0.39 is 20.4 Å². The van der Waals surface area contributed by atoms with E-state index in [9.17, 15) is 8.42 Å². The first-order chi connectivity index (χ1) is 7.26. The molecule has 0 aliphatic carbocycles. The normalized spacial score (nSPS) is 14.4. The van der Waals surface area contributed by atoms with Crippen molar-refractivity contribution in [3.8, 4) is 6.07 Å². The quantitative estimate of drug-likeness (QED) is 0.850. The summed E-state index contributed by atoms with van der Waals surface area (Å²) in [5.41, 5.74) is 0.372. The molecule has 0 fully saturated rings. The van der Waals surface area contributed by atoms with Gasteiger partial charge in [-0.3, -0.25) is 0 Å². The molecule has 1 N–H and O–H groups in total. The van der Waals surface area contributed by atoms with E-state index in [1.807, 2.05) is 0 Å². The molecule has 0 aliphatic heterocycles. The zero-order chi connectivity index (χ0) is 12.4. The first-order valence-electron chi connectivity index (χ1n) is 4.05. The van der Waals surface area contributed by atoms with Crippen molar-refractivity contribution in [2.45, 2.75) is 10.4 Å². The lowest BCUT2D eigenvalue weighted by atomic mass is 10.1.